The van der Waals surface area contributed by atoms with Crippen LogP contribution < -0.4 is 15.8 Å². The van der Waals surface area contributed by atoms with Crippen LogP contribution in [-0.2, 0) is 0 Å². The molecule has 19 heavy (non-hydrogen) atoms. The highest BCUT2D eigenvalue weighted by atomic mass is 16.5. The molecule has 5 heteroatoms. The molecular formula is C14H23N3O2. The topological polar surface area (TPSA) is 80.4 Å². The van der Waals surface area contributed by atoms with Crippen LogP contribution in [0.5, 0.6) is 5.88 Å². The highest BCUT2D eigenvalue weighted by Crippen LogP contribution is 2.32. The lowest BCUT2D eigenvalue weighted by Gasteiger charge is -2.37. The maximum Gasteiger partial charge on any atom is 0.239 e. The molecule has 0 spiro atoms. The Morgan fingerprint density at radius 3 is 2.74 bits per heavy atom. The number of hydrogen-bond acceptors (Lipinski definition) is 5. The second kappa shape index (κ2) is 6.10. The van der Waals surface area contributed by atoms with Gasteiger partial charge in [0.15, 0.2) is 0 Å². The van der Waals surface area contributed by atoms with E-state index in [2.05, 4.69) is 10.3 Å². The first kappa shape index (κ1) is 13.9. The average Bonchev–Trinajstić information content (AvgIpc) is 2.44. The molecule has 0 saturated heterocycles. The van der Waals surface area contributed by atoms with Crippen molar-refractivity contribution in [2.75, 3.05) is 24.3 Å². The second-order valence-electron chi connectivity index (χ2n) is 5.15. The van der Waals surface area contributed by atoms with E-state index < -0.39 is 0 Å². The zero-order chi connectivity index (χ0) is 13.7. The van der Waals surface area contributed by atoms with Gasteiger partial charge in [-0.25, -0.2) is 0 Å². The van der Waals surface area contributed by atoms with Crippen LogP contribution in [0.3, 0.4) is 0 Å². The number of rotatable bonds is 5. The van der Waals surface area contributed by atoms with Gasteiger partial charge in [-0.05, 0) is 31.9 Å². The van der Waals surface area contributed by atoms with Crippen molar-refractivity contribution in [1.82, 2.24) is 4.98 Å². The first-order valence-electron chi connectivity index (χ1n) is 6.97. The van der Waals surface area contributed by atoms with Crippen LogP contribution >= 0.6 is 0 Å². The second-order valence-corrected chi connectivity index (χ2v) is 5.15. The summed E-state index contributed by atoms with van der Waals surface area (Å²) in [5.74, 6) is 1.17. The van der Waals surface area contributed by atoms with Gasteiger partial charge in [-0.2, -0.15) is 4.98 Å². The first-order chi connectivity index (χ1) is 9.19. The summed E-state index contributed by atoms with van der Waals surface area (Å²) in [5, 5.41) is 13.1. The van der Waals surface area contributed by atoms with Crippen LogP contribution in [0.2, 0.25) is 0 Å². The van der Waals surface area contributed by atoms with E-state index in [1.807, 2.05) is 13.0 Å². The first-order valence-corrected chi connectivity index (χ1v) is 6.97. The maximum absolute atomic E-state index is 9.68. The van der Waals surface area contributed by atoms with E-state index in [1.54, 1.807) is 6.07 Å². The van der Waals surface area contributed by atoms with Gasteiger partial charge in [-0.1, -0.05) is 19.3 Å². The van der Waals surface area contributed by atoms with Crippen molar-refractivity contribution in [1.29, 1.82) is 0 Å². The van der Waals surface area contributed by atoms with Crippen molar-refractivity contribution in [3.63, 3.8) is 0 Å². The van der Waals surface area contributed by atoms with Gasteiger partial charge in [0.25, 0.3) is 0 Å². The maximum atomic E-state index is 9.68. The van der Waals surface area contributed by atoms with Crippen molar-refractivity contribution in [3.8, 4) is 5.88 Å². The lowest BCUT2D eigenvalue weighted by molar-refractivity contribution is 0.172. The molecule has 5 nitrogen and oxygen atoms in total. The fourth-order valence-corrected chi connectivity index (χ4v) is 2.60. The van der Waals surface area contributed by atoms with Crippen LogP contribution in [0.4, 0.5) is 11.5 Å². The Kier molecular flexibility index (Phi) is 4.47. The molecule has 0 aliphatic heterocycles. The van der Waals surface area contributed by atoms with Crippen molar-refractivity contribution >= 4 is 11.5 Å². The number of nitrogen functional groups attached to an aromatic ring is 1. The van der Waals surface area contributed by atoms with Gasteiger partial charge in [0.2, 0.25) is 5.88 Å². The fraction of sp³-hybridized carbons (Fsp3) is 0.643. The number of nitrogens with zero attached hydrogens (tertiary/aromatic N) is 1. The third-order valence-electron chi connectivity index (χ3n) is 3.68. The van der Waals surface area contributed by atoms with E-state index in [0.717, 1.165) is 25.7 Å². The molecule has 0 amide bonds. The molecule has 1 aromatic heterocycles. The molecule has 0 bridgehead atoms. The Morgan fingerprint density at radius 1 is 1.37 bits per heavy atom. The van der Waals surface area contributed by atoms with Crippen molar-refractivity contribution in [2.24, 2.45) is 0 Å². The average molecular weight is 265 g/mol. The predicted octanol–water partition coefficient (Wildman–Crippen LogP) is 2.17. The van der Waals surface area contributed by atoms with Crippen molar-refractivity contribution in [3.05, 3.63) is 12.1 Å². The molecule has 4 N–H and O–H groups in total. The number of pyridine rings is 1. The number of nitrogens with one attached hydrogen (secondary N) is 1. The van der Waals surface area contributed by atoms with E-state index in [4.69, 9.17) is 10.5 Å². The smallest absolute Gasteiger partial charge is 0.239 e. The number of hydrogen-bond donors (Lipinski definition) is 3. The molecule has 0 radical (unpaired) electrons. The number of aromatic nitrogens is 1. The lowest BCUT2D eigenvalue weighted by Crippen LogP contribution is -2.44. The highest BCUT2D eigenvalue weighted by molar-refractivity contribution is 5.54. The predicted molar refractivity (Wildman–Crippen MR) is 76.3 cm³/mol. The number of anilines is 2. The summed E-state index contributed by atoms with van der Waals surface area (Å²) < 4.78 is 5.39. The Morgan fingerprint density at radius 2 is 2.11 bits per heavy atom. The Hall–Kier alpha value is -1.49. The summed E-state index contributed by atoms with van der Waals surface area (Å²) in [5.41, 5.74) is 6.10. The molecule has 0 atom stereocenters. The largest absolute Gasteiger partial charge is 0.476 e. The number of aliphatic hydroxyl groups excluding tert-OH is 1. The van der Waals surface area contributed by atoms with Crippen molar-refractivity contribution < 1.29 is 9.84 Å². The van der Waals surface area contributed by atoms with Gasteiger partial charge in [0, 0.05) is 0 Å². The van der Waals surface area contributed by atoms with Gasteiger partial charge in [0.1, 0.15) is 5.82 Å². The highest BCUT2D eigenvalue weighted by Gasteiger charge is 2.31. The van der Waals surface area contributed by atoms with Crippen LogP contribution in [-0.4, -0.2) is 28.8 Å². The van der Waals surface area contributed by atoms with E-state index >= 15 is 0 Å². The zero-order valence-electron chi connectivity index (χ0n) is 11.5. The third kappa shape index (κ3) is 3.29. The minimum atomic E-state index is -0.245. The van der Waals surface area contributed by atoms with Gasteiger partial charge in [-0.15, -0.1) is 0 Å². The van der Waals surface area contributed by atoms with Crippen LogP contribution in [0.1, 0.15) is 39.0 Å². The summed E-state index contributed by atoms with van der Waals surface area (Å²) in [6.07, 6.45) is 5.46. The molecule has 0 aromatic carbocycles. The normalized spacial score (nSPS) is 18.0. The molecule has 1 heterocycles. The molecule has 1 fully saturated rings. The molecular weight excluding hydrogens is 242 g/mol. The van der Waals surface area contributed by atoms with E-state index in [9.17, 15) is 5.11 Å². The third-order valence-corrected chi connectivity index (χ3v) is 3.68. The molecule has 1 aliphatic carbocycles. The van der Waals surface area contributed by atoms with E-state index in [-0.39, 0.29) is 12.1 Å². The van der Waals surface area contributed by atoms with Gasteiger partial charge in [-0.3, -0.25) is 0 Å². The summed E-state index contributed by atoms with van der Waals surface area (Å²) in [7, 11) is 0. The van der Waals surface area contributed by atoms with Crippen molar-refractivity contribution in [2.45, 2.75) is 44.6 Å². The molecule has 106 valence electrons. The monoisotopic (exact) mass is 265 g/mol. The Bertz CT molecular complexity index is 417. The minimum absolute atomic E-state index is 0.128. The van der Waals surface area contributed by atoms with Gasteiger partial charge < -0.3 is 20.9 Å². The summed E-state index contributed by atoms with van der Waals surface area (Å²) in [6.45, 7) is 2.56. The standard InChI is InChI=1S/C14H23N3O2/c1-2-19-13-11(15)6-7-12(16-13)17-14(10-18)8-4-3-5-9-14/h6-7,18H,2-5,8-10,15H2,1H3,(H,16,17). The fourth-order valence-electron chi connectivity index (χ4n) is 2.60. The van der Waals surface area contributed by atoms with E-state index in [0.29, 0.717) is 24.0 Å². The molecule has 1 aliphatic rings. The van der Waals surface area contributed by atoms with E-state index in [1.165, 1.54) is 6.42 Å². The Balaban J connectivity index is 2.15. The van der Waals surface area contributed by atoms with Crippen LogP contribution in [0.25, 0.3) is 0 Å². The molecule has 0 unspecified atom stereocenters. The van der Waals surface area contributed by atoms with Gasteiger partial charge in [0.05, 0.1) is 24.4 Å². The number of nitrogens with two attached hydrogens (primary N) is 1. The van der Waals surface area contributed by atoms with Gasteiger partial charge >= 0.3 is 0 Å². The van der Waals surface area contributed by atoms with Crippen LogP contribution in [0.15, 0.2) is 12.1 Å². The number of ether oxygens (including phenoxy) is 1. The SMILES string of the molecule is CCOc1nc(NC2(CO)CCCCC2)ccc1N. The molecule has 1 aromatic rings. The number of aliphatic hydroxyl groups is 1. The summed E-state index contributed by atoms with van der Waals surface area (Å²) >= 11 is 0. The summed E-state index contributed by atoms with van der Waals surface area (Å²) in [4.78, 5) is 4.38. The quantitative estimate of drug-likeness (QED) is 0.760. The lowest BCUT2D eigenvalue weighted by atomic mass is 9.82. The minimum Gasteiger partial charge on any atom is -0.476 e. The van der Waals surface area contributed by atoms with Crippen LogP contribution in [0, 0.1) is 0 Å². The Labute approximate surface area is 114 Å². The zero-order valence-corrected chi connectivity index (χ0v) is 11.5. The molecule has 1 saturated carbocycles. The molecule has 2 rings (SSSR count). The summed E-state index contributed by atoms with van der Waals surface area (Å²) in [6, 6.07) is 3.62.